The molecule has 0 amide bonds. The summed E-state index contributed by atoms with van der Waals surface area (Å²) in [5.41, 5.74) is 5.64. The van der Waals surface area contributed by atoms with Crippen LogP contribution in [0.1, 0.15) is 44.9 Å². The molecule has 0 radical (unpaired) electrons. The van der Waals surface area contributed by atoms with Crippen LogP contribution in [0.3, 0.4) is 0 Å². The van der Waals surface area contributed by atoms with Gasteiger partial charge in [-0.15, -0.1) is 0 Å². The van der Waals surface area contributed by atoms with Gasteiger partial charge in [0.15, 0.2) is 5.03 Å². The fourth-order valence-electron chi connectivity index (χ4n) is 4.33. The molecule has 23 heavy (non-hydrogen) atoms. The molecule has 7 heteroatoms. The maximum absolute atomic E-state index is 13.2. The van der Waals surface area contributed by atoms with Crippen LogP contribution in [0.2, 0.25) is 0 Å². The molecule has 3 aliphatic rings. The summed E-state index contributed by atoms with van der Waals surface area (Å²) >= 11 is 0. The molecule has 128 valence electrons. The molecular weight excluding hydrogens is 312 g/mol. The minimum absolute atomic E-state index is 0.218. The van der Waals surface area contributed by atoms with Crippen LogP contribution in [0.25, 0.3) is 0 Å². The standard InChI is InChI=1S/C16H26N4O2S/c1-2-14-18-15(10-19(14)9-12-3-4-12)23(21,22)20-8-6-13-5-7-16(13,20)11-17/h10,12-13H,2-9,11,17H2,1H3. The average molecular weight is 338 g/mol. The average Bonchev–Trinajstić information content (AvgIpc) is 3.15. The van der Waals surface area contributed by atoms with Crippen molar-refractivity contribution in [3.63, 3.8) is 0 Å². The topological polar surface area (TPSA) is 81.2 Å². The quantitative estimate of drug-likeness (QED) is 0.849. The summed E-state index contributed by atoms with van der Waals surface area (Å²) in [5.74, 6) is 2.01. The number of nitrogens with zero attached hydrogens (tertiary/aromatic N) is 3. The van der Waals surface area contributed by atoms with E-state index in [0.717, 1.165) is 38.1 Å². The Hall–Kier alpha value is -0.920. The molecule has 1 aliphatic heterocycles. The van der Waals surface area contributed by atoms with Crippen molar-refractivity contribution in [1.29, 1.82) is 0 Å². The Morgan fingerprint density at radius 3 is 2.70 bits per heavy atom. The molecule has 1 saturated heterocycles. The zero-order valence-corrected chi connectivity index (χ0v) is 14.6. The van der Waals surface area contributed by atoms with Crippen LogP contribution in [0, 0.1) is 11.8 Å². The fourth-order valence-corrected chi connectivity index (χ4v) is 6.18. The molecule has 3 fully saturated rings. The first-order valence-corrected chi connectivity index (χ1v) is 10.2. The van der Waals surface area contributed by atoms with E-state index in [9.17, 15) is 8.42 Å². The number of aromatic nitrogens is 2. The van der Waals surface area contributed by atoms with E-state index in [2.05, 4.69) is 4.98 Å². The molecule has 4 rings (SSSR count). The summed E-state index contributed by atoms with van der Waals surface area (Å²) in [5, 5.41) is 0.218. The zero-order valence-electron chi connectivity index (χ0n) is 13.7. The van der Waals surface area contributed by atoms with Crippen LogP contribution in [0.5, 0.6) is 0 Å². The zero-order chi connectivity index (χ0) is 16.2. The maximum atomic E-state index is 13.2. The molecule has 0 aromatic carbocycles. The number of sulfonamides is 1. The summed E-state index contributed by atoms with van der Waals surface area (Å²) < 4.78 is 30.0. The fraction of sp³-hybridized carbons (Fsp3) is 0.812. The third-order valence-corrected chi connectivity index (χ3v) is 7.93. The first-order valence-electron chi connectivity index (χ1n) is 8.80. The van der Waals surface area contributed by atoms with E-state index in [1.807, 2.05) is 11.5 Å². The van der Waals surface area contributed by atoms with Crippen LogP contribution in [-0.2, 0) is 23.0 Å². The smallest absolute Gasteiger partial charge is 0.262 e. The largest absolute Gasteiger partial charge is 0.333 e. The molecule has 2 atom stereocenters. The van der Waals surface area contributed by atoms with Gasteiger partial charge < -0.3 is 10.3 Å². The second-order valence-electron chi connectivity index (χ2n) is 7.35. The van der Waals surface area contributed by atoms with E-state index in [-0.39, 0.29) is 10.6 Å². The monoisotopic (exact) mass is 338 g/mol. The third-order valence-electron chi connectivity index (χ3n) is 6.08. The highest BCUT2D eigenvalue weighted by atomic mass is 32.2. The van der Waals surface area contributed by atoms with Crippen LogP contribution in [0.15, 0.2) is 11.2 Å². The van der Waals surface area contributed by atoms with Crippen molar-refractivity contribution in [2.45, 2.75) is 62.6 Å². The lowest BCUT2D eigenvalue weighted by atomic mass is 9.68. The Labute approximate surface area is 138 Å². The Bertz CT molecular complexity index is 706. The van der Waals surface area contributed by atoms with E-state index in [0.29, 0.717) is 24.9 Å². The highest BCUT2D eigenvalue weighted by Gasteiger charge is 2.58. The summed E-state index contributed by atoms with van der Waals surface area (Å²) in [6, 6.07) is 0. The number of hydrogen-bond acceptors (Lipinski definition) is 4. The lowest BCUT2D eigenvalue weighted by Gasteiger charge is -2.48. The molecule has 2 aliphatic carbocycles. The molecular formula is C16H26N4O2S. The van der Waals surface area contributed by atoms with Gasteiger partial charge in [0.2, 0.25) is 0 Å². The third kappa shape index (κ3) is 2.27. The van der Waals surface area contributed by atoms with E-state index in [4.69, 9.17) is 5.73 Å². The minimum Gasteiger partial charge on any atom is -0.333 e. The van der Waals surface area contributed by atoms with Crippen molar-refractivity contribution in [3.05, 3.63) is 12.0 Å². The molecule has 6 nitrogen and oxygen atoms in total. The predicted molar refractivity (Wildman–Crippen MR) is 87.3 cm³/mol. The Balaban J connectivity index is 1.67. The number of aryl methyl sites for hydroxylation is 1. The van der Waals surface area contributed by atoms with Crippen LogP contribution in [-0.4, -0.2) is 40.9 Å². The highest BCUT2D eigenvalue weighted by Crippen LogP contribution is 2.51. The molecule has 2 saturated carbocycles. The SMILES string of the molecule is CCc1nc(S(=O)(=O)N2CCC3CCC32CN)cn1CC1CC1. The molecule has 1 aromatic rings. The van der Waals surface area contributed by atoms with Gasteiger partial charge >= 0.3 is 0 Å². The molecule has 0 spiro atoms. The Kier molecular flexibility index (Phi) is 3.59. The van der Waals surface area contributed by atoms with Crippen molar-refractivity contribution in [1.82, 2.24) is 13.9 Å². The first kappa shape index (κ1) is 15.6. The van der Waals surface area contributed by atoms with Gasteiger partial charge in [-0.05, 0) is 43.9 Å². The minimum atomic E-state index is -3.55. The van der Waals surface area contributed by atoms with Gasteiger partial charge in [-0.3, -0.25) is 0 Å². The number of rotatable bonds is 6. The van der Waals surface area contributed by atoms with E-state index in [1.54, 1.807) is 10.5 Å². The Morgan fingerprint density at radius 2 is 2.13 bits per heavy atom. The molecule has 2 N–H and O–H groups in total. The molecule has 1 aromatic heterocycles. The van der Waals surface area contributed by atoms with Gasteiger partial charge in [0.05, 0.1) is 5.54 Å². The van der Waals surface area contributed by atoms with E-state index < -0.39 is 10.0 Å². The lowest BCUT2D eigenvalue weighted by Crippen LogP contribution is -2.60. The van der Waals surface area contributed by atoms with Crippen molar-refractivity contribution in [2.24, 2.45) is 17.6 Å². The second-order valence-corrected chi connectivity index (χ2v) is 9.16. The predicted octanol–water partition coefficient (Wildman–Crippen LogP) is 1.36. The van der Waals surface area contributed by atoms with Crippen LogP contribution < -0.4 is 5.73 Å². The summed E-state index contributed by atoms with van der Waals surface area (Å²) in [6.07, 6.45) is 7.91. The summed E-state index contributed by atoms with van der Waals surface area (Å²) in [6.45, 7) is 3.93. The van der Waals surface area contributed by atoms with Gasteiger partial charge in [0.25, 0.3) is 10.0 Å². The van der Waals surface area contributed by atoms with Crippen molar-refractivity contribution in [2.75, 3.05) is 13.1 Å². The van der Waals surface area contributed by atoms with Gasteiger partial charge in [0.1, 0.15) is 5.82 Å². The van der Waals surface area contributed by atoms with Crippen molar-refractivity contribution in [3.8, 4) is 0 Å². The molecule has 2 heterocycles. The van der Waals surface area contributed by atoms with Crippen molar-refractivity contribution < 1.29 is 8.42 Å². The number of hydrogen-bond donors (Lipinski definition) is 1. The van der Waals surface area contributed by atoms with Gasteiger partial charge in [-0.25, -0.2) is 13.4 Å². The normalized spacial score (nSPS) is 31.1. The van der Waals surface area contributed by atoms with Crippen molar-refractivity contribution >= 4 is 10.0 Å². The van der Waals surface area contributed by atoms with E-state index in [1.165, 1.54) is 12.8 Å². The number of fused-ring (bicyclic) bond motifs is 1. The van der Waals surface area contributed by atoms with E-state index >= 15 is 0 Å². The van der Waals surface area contributed by atoms with Gasteiger partial charge in [0, 0.05) is 32.3 Å². The van der Waals surface area contributed by atoms with Gasteiger partial charge in [-0.1, -0.05) is 6.92 Å². The number of nitrogens with two attached hydrogens (primary N) is 1. The maximum Gasteiger partial charge on any atom is 0.262 e. The first-order chi connectivity index (χ1) is 11.0. The summed E-state index contributed by atoms with van der Waals surface area (Å²) in [4.78, 5) is 4.47. The summed E-state index contributed by atoms with van der Waals surface area (Å²) in [7, 11) is -3.55. The molecule has 2 unspecified atom stereocenters. The highest BCUT2D eigenvalue weighted by molar-refractivity contribution is 7.89. The van der Waals surface area contributed by atoms with Gasteiger partial charge in [-0.2, -0.15) is 4.31 Å². The molecule has 0 bridgehead atoms. The Morgan fingerprint density at radius 1 is 1.35 bits per heavy atom. The lowest BCUT2D eigenvalue weighted by molar-refractivity contribution is 0.0823. The van der Waals surface area contributed by atoms with Crippen LogP contribution in [0.4, 0.5) is 0 Å². The van der Waals surface area contributed by atoms with Crippen LogP contribution >= 0.6 is 0 Å². The number of imidazole rings is 1. The second kappa shape index (κ2) is 5.29.